The zero-order valence-electron chi connectivity index (χ0n) is 12.6. The number of carbonyl (C=O) groups is 1. The molecule has 6 nitrogen and oxygen atoms in total. The van der Waals surface area contributed by atoms with E-state index in [0.717, 1.165) is 12.4 Å². The third-order valence-corrected chi connectivity index (χ3v) is 3.92. The van der Waals surface area contributed by atoms with Crippen LogP contribution in [-0.4, -0.2) is 34.6 Å². The van der Waals surface area contributed by atoms with Gasteiger partial charge in [0.25, 0.3) is 0 Å². The molecule has 2 heterocycles. The number of urea groups is 1. The molecule has 1 unspecified atom stereocenters. The summed E-state index contributed by atoms with van der Waals surface area (Å²) >= 11 is 1.19. The molecule has 1 aromatic heterocycles. The number of aromatic nitrogens is 2. The number of hydrogen-bond donors (Lipinski definition) is 2. The molecule has 0 radical (unpaired) electrons. The highest BCUT2D eigenvalue weighted by atomic mass is 32.1. The van der Waals surface area contributed by atoms with Gasteiger partial charge in [0.1, 0.15) is 5.82 Å². The van der Waals surface area contributed by atoms with Crippen molar-refractivity contribution in [3.63, 3.8) is 0 Å². The van der Waals surface area contributed by atoms with Gasteiger partial charge in [-0.05, 0) is 0 Å². The van der Waals surface area contributed by atoms with Gasteiger partial charge in [0.15, 0.2) is 0 Å². The largest absolute Gasteiger partial charge is 0.375 e. The van der Waals surface area contributed by atoms with Gasteiger partial charge in [0.05, 0.1) is 12.7 Å². The summed E-state index contributed by atoms with van der Waals surface area (Å²) in [6.45, 7) is 11.6. The molecule has 2 amide bonds. The summed E-state index contributed by atoms with van der Waals surface area (Å²) in [4.78, 5) is 16.1. The van der Waals surface area contributed by atoms with Crippen LogP contribution in [0.25, 0.3) is 0 Å². The van der Waals surface area contributed by atoms with E-state index in [9.17, 15) is 4.79 Å². The number of nitrogens with one attached hydrogen (secondary N) is 2. The number of ether oxygens (including phenoxy) is 1. The van der Waals surface area contributed by atoms with E-state index >= 15 is 0 Å². The first-order valence-corrected chi connectivity index (χ1v) is 7.46. The van der Waals surface area contributed by atoms with Crippen molar-refractivity contribution in [2.75, 3.05) is 18.5 Å². The maximum atomic E-state index is 11.8. The molecule has 0 saturated carbocycles. The second kappa shape index (κ2) is 5.29. The lowest BCUT2D eigenvalue weighted by atomic mass is 9.82. The van der Waals surface area contributed by atoms with Crippen molar-refractivity contribution in [3.8, 4) is 0 Å². The molecule has 0 bridgehead atoms. The van der Waals surface area contributed by atoms with Crippen molar-refractivity contribution in [2.24, 2.45) is 5.41 Å². The maximum absolute atomic E-state index is 11.8. The fourth-order valence-electron chi connectivity index (χ4n) is 1.78. The van der Waals surface area contributed by atoms with Crippen molar-refractivity contribution in [3.05, 3.63) is 5.82 Å². The van der Waals surface area contributed by atoms with E-state index in [1.54, 1.807) is 0 Å². The first kappa shape index (κ1) is 15.2. The topological polar surface area (TPSA) is 76.1 Å². The lowest BCUT2D eigenvalue weighted by molar-refractivity contribution is -0.163. The first-order chi connectivity index (χ1) is 9.18. The minimum Gasteiger partial charge on any atom is -0.375 e. The van der Waals surface area contributed by atoms with Crippen LogP contribution in [0.5, 0.6) is 0 Å². The lowest BCUT2D eigenvalue weighted by Crippen LogP contribution is -2.53. The fourth-order valence-corrected chi connectivity index (χ4v) is 2.53. The molecule has 0 aliphatic carbocycles. The van der Waals surface area contributed by atoms with Crippen LogP contribution in [-0.2, 0) is 10.2 Å². The molecule has 2 rings (SSSR count). The SMILES string of the molecule is CC(C)(C)c1nsc(NC(=O)NCC2OCC2(C)C)n1. The molecule has 0 spiro atoms. The van der Waals surface area contributed by atoms with Gasteiger partial charge in [0.2, 0.25) is 5.13 Å². The molecule has 1 atom stereocenters. The average Bonchev–Trinajstić information content (AvgIpc) is 2.76. The van der Waals surface area contributed by atoms with E-state index in [-0.39, 0.29) is 23.0 Å². The average molecular weight is 298 g/mol. The summed E-state index contributed by atoms with van der Waals surface area (Å²) in [6.07, 6.45) is 0.0767. The lowest BCUT2D eigenvalue weighted by Gasteiger charge is -2.44. The highest BCUT2D eigenvalue weighted by molar-refractivity contribution is 7.09. The molecule has 0 aromatic carbocycles. The van der Waals surface area contributed by atoms with Crippen molar-refractivity contribution in [1.82, 2.24) is 14.7 Å². The van der Waals surface area contributed by atoms with Gasteiger partial charge in [-0.2, -0.15) is 4.37 Å². The van der Waals surface area contributed by atoms with Crippen LogP contribution in [0.15, 0.2) is 0 Å². The predicted octanol–water partition coefficient (Wildman–Crippen LogP) is 2.38. The van der Waals surface area contributed by atoms with Gasteiger partial charge in [-0.25, -0.2) is 9.78 Å². The van der Waals surface area contributed by atoms with Crippen LogP contribution < -0.4 is 10.6 Å². The summed E-state index contributed by atoms with van der Waals surface area (Å²) in [5.74, 6) is 0.737. The number of amides is 2. The monoisotopic (exact) mass is 298 g/mol. The molecule has 1 fully saturated rings. The van der Waals surface area contributed by atoms with E-state index < -0.39 is 0 Å². The third kappa shape index (κ3) is 3.46. The molecule has 1 aliphatic heterocycles. The Hall–Kier alpha value is -1.21. The summed E-state index contributed by atoms with van der Waals surface area (Å²) in [6, 6.07) is -0.270. The molecule has 7 heteroatoms. The van der Waals surface area contributed by atoms with Crippen LogP contribution >= 0.6 is 11.5 Å². The van der Waals surface area contributed by atoms with E-state index in [2.05, 4.69) is 33.8 Å². The van der Waals surface area contributed by atoms with Gasteiger partial charge < -0.3 is 10.1 Å². The summed E-state index contributed by atoms with van der Waals surface area (Å²) < 4.78 is 9.68. The zero-order valence-corrected chi connectivity index (χ0v) is 13.4. The second-order valence-corrected chi connectivity index (χ2v) is 7.55. The van der Waals surface area contributed by atoms with Crippen LogP contribution in [0.1, 0.15) is 40.4 Å². The van der Waals surface area contributed by atoms with Gasteiger partial charge >= 0.3 is 6.03 Å². The second-order valence-electron chi connectivity index (χ2n) is 6.80. The van der Waals surface area contributed by atoms with Crippen molar-refractivity contribution < 1.29 is 9.53 Å². The van der Waals surface area contributed by atoms with E-state index in [4.69, 9.17) is 4.74 Å². The van der Waals surface area contributed by atoms with E-state index in [1.165, 1.54) is 11.5 Å². The van der Waals surface area contributed by atoms with Crippen LogP contribution in [0.2, 0.25) is 0 Å². The molecular weight excluding hydrogens is 276 g/mol. The molecule has 20 heavy (non-hydrogen) atoms. The standard InChI is InChI=1S/C13H22N4O2S/c1-12(2,3)9-15-11(20-17-9)16-10(18)14-6-8-13(4,5)7-19-8/h8H,6-7H2,1-5H3,(H2,14,15,16,17,18). The summed E-state index contributed by atoms with van der Waals surface area (Å²) in [5.41, 5.74) is 0.0200. The Morgan fingerprint density at radius 3 is 2.65 bits per heavy atom. The minimum atomic E-state index is -0.270. The Morgan fingerprint density at radius 1 is 1.50 bits per heavy atom. The van der Waals surface area contributed by atoms with Crippen molar-refractivity contribution in [1.29, 1.82) is 0 Å². The minimum absolute atomic E-state index is 0.0767. The van der Waals surface area contributed by atoms with Crippen LogP contribution in [0.3, 0.4) is 0 Å². The molecule has 1 aromatic rings. The summed E-state index contributed by atoms with van der Waals surface area (Å²) in [5, 5.41) is 6.02. The highest BCUT2D eigenvalue weighted by Crippen LogP contribution is 2.33. The maximum Gasteiger partial charge on any atom is 0.321 e. The number of hydrogen-bond acceptors (Lipinski definition) is 5. The molecule has 2 N–H and O–H groups in total. The highest BCUT2D eigenvalue weighted by Gasteiger charge is 2.39. The quantitative estimate of drug-likeness (QED) is 0.898. The van der Waals surface area contributed by atoms with Crippen LogP contribution in [0.4, 0.5) is 9.93 Å². The normalized spacial score (nSPS) is 21.1. The van der Waals surface area contributed by atoms with Crippen LogP contribution in [0, 0.1) is 5.41 Å². The van der Waals surface area contributed by atoms with Gasteiger partial charge in [0, 0.05) is 28.9 Å². The number of anilines is 1. The molecule has 112 valence electrons. The first-order valence-electron chi connectivity index (χ1n) is 6.69. The zero-order chi connectivity index (χ0) is 15.0. The molecule has 1 aliphatic rings. The predicted molar refractivity (Wildman–Crippen MR) is 79.2 cm³/mol. The van der Waals surface area contributed by atoms with Crippen molar-refractivity contribution in [2.45, 2.75) is 46.1 Å². The van der Waals surface area contributed by atoms with Gasteiger partial charge in [-0.1, -0.05) is 34.6 Å². The molecular formula is C13H22N4O2S. The molecule has 1 saturated heterocycles. The van der Waals surface area contributed by atoms with Crippen molar-refractivity contribution >= 4 is 22.7 Å². The smallest absolute Gasteiger partial charge is 0.321 e. The third-order valence-electron chi connectivity index (χ3n) is 3.29. The number of nitrogens with zero attached hydrogens (tertiary/aromatic N) is 2. The Labute approximate surface area is 123 Å². The van der Waals surface area contributed by atoms with Gasteiger partial charge in [-0.3, -0.25) is 5.32 Å². The fraction of sp³-hybridized carbons (Fsp3) is 0.769. The van der Waals surface area contributed by atoms with Gasteiger partial charge in [-0.15, -0.1) is 0 Å². The van der Waals surface area contributed by atoms with E-state index in [1.807, 2.05) is 20.8 Å². The Morgan fingerprint density at radius 2 is 2.20 bits per heavy atom. The van der Waals surface area contributed by atoms with E-state index in [0.29, 0.717) is 11.7 Å². The summed E-state index contributed by atoms with van der Waals surface area (Å²) in [7, 11) is 0. The Kier molecular flexibility index (Phi) is 4.02. The Bertz CT molecular complexity index is 493. The number of carbonyl (C=O) groups excluding carboxylic acids is 1. The Balaban J connectivity index is 1.81. The number of rotatable bonds is 3.